The fourth-order valence-corrected chi connectivity index (χ4v) is 3.38. The molecule has 1 aliphatic heterocycles. The maximum Gasteiger partial charge on any atom is 0.255 e. The molecule has 3 rings (SSSR count). The zero-order valence-corrected chi connectivity index (χ0v) is 14.7. The van der Waals surface area contributed by atoms with E-state index in [0.717, 1.165) is 5.75 Å². The number of nitrogens with one attached hydrogen (secondary N) is 1. The average molecular weight is 341 g/mol. The lowest BCUT2D eigenvalue weighted by Gasteiger charge is -2.25. The van der Waals surface area contributed by atoms with E-state index < -0.39 is 0 Å². The summed E-state index contributed by atoms with van der Waals surface area (Å²) in [6.07, 6.45) is 1.48. The van der Waals surface area contributed by atoms with Gasteiger partial charge in [0, 0.05) is 37.3 Å². The molecule has 1 fully saturated rings. The van der Waals surface area contributed by atoms with Gasteiger partial charge < -0.3 is 19.5 Å². The summed E-state index contributed by atoms with van der Waals surface area (Å²) < 4.78 is 5.23. The molecule has 1 N–H and O–H groups in total. The number of rotatable bonds is 4. The Labute approximate surface area is 147 Å². The van der Waals surface area contributed by atoms with Crippen LogP contribution >= 0.6 is 0 Å². The lowest BCUT2D eigenvalue weighted by molar-refractivity contribution is 0.0782. The number of hydrogen-bond donors (Lipinski definition) is 1. The van der Waals surface area contributed by atoms with E-state index in [-0.39, 0.29) is 23.4 Å². The lowest BCUT2D eigenvalue weighted by atomic mass is 9.93. The van der Waals surface area contributed by atoms with Gasteiger partial charge in [0.25, 0.3) is 5.91 Å². The van der Waals surface area contributed by atoms with Crippen LogP contribution < -0.4 is 10.3 Å². The number of aromatic nitrogens is 1. The maximum atomic E-state index is 12.8. The van der Waals surface area contributed by atoms with Crippen LogP contribution in [0.5, 0.6) is 5.75 Å². The van der Waals surface area contributed by atoms with Crippen molar-refractivity contribution < 1.29 is 9.53 Å². The third kappa shape index (κ3) is 3.58. The van der Waals surface area contributed by atoms with Gasteiger partial charge in [0.05, 0.1) is 12.7 Å². The fourth-order valence-electron chi connectivity index (χ4n) is 3.38. The van der Waals surface area contributed by atoms with Crippen LogP contribution in [-0.4, -0.2) is 61.0 Å². The second kappa shape index (κ2) is 7.11. The Morgan fingerprint density at radius 1 is 1.16 bits per heavy atom. The number of aromatic amines is 1. The van der Waals surface area contributed by atoms with Gasteiger partial charge in [-0.15, -0.1) is 0 Å². The molecule has 6 nitrogen and oxygen atoms in total. The molecule has 0 aliphatic carbocycles. The summed E-state index contributed by atoms with van der Waals surface area (Å²) in [5.74, 6) is 0.996. The highest BCUT2D eigenvalue weighted by Crippen LogP contribution is 2.32. The van der Waals surface area contributed by atoms with Crippen LogP contribution in [0.15, 0.2) is 47.4 Å². The number of pyridine rings is 1. The van der Waals surface area contributed by atoms with Gasteiger partial charge in [-0.25, -0.2) is 0 Å². The van der Waals surface area contributed by atoms with Crippen molar-refractivity contribution in [3.05, 3.63) is 64.1 Å². The molecule has 2 atom stereocenters. The average Bonchev–Trinajstić information content (AvgIpc) is 3.07. The van der Waals surface area contributed by atoms with E-state index in [1.807, 2.05) is 31.1 Å². The molecule has 1 aliphatic rings. The summed E-state index contributed by atoms with van der Waals surface area (Å²) >= 11 is 0. The molecule has 6 heteroatoms. The van der Waals surface area contributed by atoms with Crippen molar-refractivity contribution in [1.82, 2.24) is 14.8 Å². The number of carbonyl (C=O) groups excluding carboxylic acids is 1. The van der Waals surface area contributed by atoms with Gasteiger partial charge >= 0.3 is 0 Å². The molecule has 25 heavy (non-hydrogen) atoms. The number of amides is 1. The van der Waals surface area contributed by atoms with Crippen molar-refractivity contribution in [2.45, 2.75) is 12.0 Å². The first-order valence-corrected chi connectivity index (χ1v) is 8.28. The predicted molar refractivity (Wildman–Crippen MR) is 96.2 cm³/mol. The van der Waals surface area contributed by atoms with Gasteiger partial charge in [0.2, 0.25) is 5.56 Å². The standard InChI is InChI=1S/C19H23N3O3/c1-21(2)17-12-22(19(24)14-6-9-18(23)20-10-14)11-16(17)13-4-7-15(25-3)8-5-13/h4-10,16-17H,11-12H2,1-3H3,(H,20,23)/t16-,17+/m0/s1. The molecule has 2 heterocycles. The Balaban J connectivity index is 1.83. The Kier molecular flexibility index (Phi) is 4.90. The summed E-state index contributed by atoms with van der Waals surface area (Å²) in [6, 6.07) is 11.2. The number of benzene rings is 1. The predicted octanol–water partition coefficient (Wildman–Crippen LogP) is 1.55. The molecule has 0 bridgehead atoms. The number of carbonyl (C=O) groups is 1. The van der Waals surface area contributed by atoms with Crippen LogP contribution in [0, 0.1) is 0 Å². The number of hydrogen-bond acceptors (Lipinski definition) is 4. The van der Waals surface area contributed by atoms with Crippen molar-refractivity contribution in [2.24, 2.45) is 0 Å². The molecule has 2 aromatic rings. The van der Waals surface area contributed by atoms with E-state index in [1.165, 1.54) is 17.8 Å². The Morgan fingerprint density at radius 2 is 1.88 bits per heavy atom. The Bertz CT molecular complexity index is 778. The number of likely N-dealkylation sites (tertiary alicyclic amines) is 1. The fraction of sp³-hybridized carbons (Fsp3) is 0.368. The first-order valence-electron chi connectivity index (χ1n) is 8.28. The van der Waals surface area contributed by atoms with E-state index in [9.17, 15) is 9.59 Å². The summed E-state index contributed by atoms with van der Waals surface area (Å²) in [6.45, 7) is 1.30. The quantitative estimate of drug-likeness (QED) is 0.916. The highest BCUT2D eigenvalue weighted by Gasteiger charge is 2.37. The van der Waals surface area contributed by atoms with E-state index >= 15 is 0 Å². The molecule has 0 radical (unpaired) electrons. The second-order valence-electron chi connectivity index (χ2n) is 6.56. The van der Waals surface area contributed by atoms with Gasteiger partial charge in [0.15, 0.2) is 0 Å². The molecule has 0 saturated carbocycles. The van der Waals surface area contributed by atoms with Gasteiger partial charge in [-0.3, -0.25) is 9.59 Å². The second-order valence-corrected chi connectivity index (χ2v) is 6.56. The first kappa shape index (κ1) is 17.2. The summed E-state index contributed by atoms with van der Waals surface area (Å²) in [5.41, 5.74) is 1.49. The SMILES string of the molecule is COc1ccc([C@@H]2CN(C(=O)c3ccc(=O)[nH]c3)C[C@H]2N(C)C)cc1. The largest absolute Gasteiger partial charge is 0.497 e. The summed E-state index contributed by atoms with van der Waals surface area (Å²) in [4.78, 5) is 30.6. The third-order valence-corrected chi connectivity index (χ3v) is 4.81. The smallest absolute Gasteiger partial charge is 0.255 e. The van der Waals surface area contributed by atoms with E-state index in [2.05, 4.69) is 22.0 Å². The normalized spacial score (nSPS) is 20.1. The van der Waals surface area contributed by atoms with Crippen LogP contribution in [0.2, 0.25) is 0 Å². The van der Waals surface area contributed by atoms with Crippen molar-refractivity contribution in [2.75, 3.05) is 34.3 Å². The van der Waals surface area contributed by atoms with Crippen molar-refractivity contribution >= 4 is 5.91 Å². The van der Waals surface area contributed by atoms with Gasteiger partial charge in [-0.2, -0.15) is 0 Å². The van der Waals surface area contributed by atoms with E-state index in [1.54, 1.807) is 13.2 Å². The highest BCUT2D eigenvalue weighted by atomic mass is 16.5. The van der Waals surface area contributed by atoms with Gasteiger partial charge in [-0.05, 0) is 37.9 Å². The van der Waals surface area contributed by atoms with Gasteiger partial charge in [-0.1, -0.05) is 12.1 Å². The first-order chi connectivity index (χ1) is 12.0. The highest BCUT2D eigenvalue weighted by molar-refractivity contribution is 5.94. The lowest BCUT2D eigenvalue weighted by Crippen LogP contribution is -2.36. The van der Waals surface area contributed by atoms with Gasteiger partial charge in [0.1, 0.15) is 5.75 Å². The van der Waals surface area contributed by atoms with Crippen LogP contribution in [-0.2, 0) is 0 Å². The minimum Gasteiger partial charge on any atom is -0.497 e. The minimum absolute atomic E-state index is 0.0564. The van der Waals surface area contributed by atoms with Crippen molar-refractivity contribution in [1.29, 1.82) is 0 Å². The zero-order valence-electron chi connectivity index (χ0n) is 14.7. The Morgan fingerprint density at radius 3 is 2.44 bits per heavy atom. The monoisotopic (exact) mass is 341 g/mol. The van der Waals surface area contributed by atoms with Crippen LogP contribution in [0.3, 0.4) is 0 Å². The molecule has 0 unspecified atom stereocenters. The summed E-state index contributed by atoms with van der Waals surface area (Å²) in [5, 5.41) is 0. The Hall–Kier alpha value is -2.60. The topological polar surface area (TPSA) is 65.6 Å². The number of methoxy groups -OCH3 is 1. The number of likely N-dealkylation sites (N-methyl/N-ethyl adjacent to an activating group) is 1. The van der Waals surface area contributed by atoms with Crippen LogP contribution in [0.4, 0.5) is 0 Å². The molecular formula is C19H23N3O3. The van der Waals surface area contributed by atoms with Crippen LogP contribution in [0.1, 0.15) is 21.8 Å². The van der Waals surface area contributed by atoms with Crippen molar-refractivity contribution in [3.63, 3.8) is 0 Å². The molecule has 132 valence electrons. The van der Waals surface area contributed by atoms with E-state index in [4.69, 9.17) is 4.74 Å². The number of H-pyrrole nitrogens is 1. The van der Waals surface area contributed by atoms with Crippen LogP contribution in [0.25, 0.3) is 0 Å². The molecule has 0 spiro atoms. The number of ether oxygens (including phenoxy) is 1. The minimum atomic E-state index is -0.208. The maximum absolute atomic E-state index is 12.8. The molecular weight excluding hydrogens is 318 g/mol. The van der Waals surface area contributed by atoms with E-state index in [0.29, 0.717) is 18.7 Å². The molecule has 1 saturated heterocycles. The number of nitrogens with zero attached hydrogens (tertiary/aromatic N) is 2. The third-order valence-electron chi connectivity index (χ3n) is 4.81. The van der Waals surface area contributed by atoms with Crippen molar-refractivity contribution in [3.8, 4) is 5.75 Å². The molecule has 1 aromatic carbocycles. The zero-order chi connectivity index (χ0) is 18.0. The molecule has 1 aromatic heterocycles. The summed E-state index contributed by atoms with van der Waals surface area (Å²) in [7, 11) is 5.72. The molecule has 1 amide bonds.